The van der Waals surface area contributed by atoms with Gasteiger partial charge in [0.2, 0.25) is 0 Å². The first-order chi connectivity index (χ1) is 15.4. The molecule has 1 aromatic carbocycles. The van der Waals surface area contributed by atoms with Gasteiger partial charge >= 0.3 is 6.18 Å². The number of halogens is 5. The summed E-state index contributed by atoms with van der Waals surface area (Å²) in [5.74, 6) is -2.48. The molecule has 0 aliphatic rings. The molecule has 2 aromatic heterocycles. The summed E-state index contributed by atoms with van der Waals surface area (Å²) in [6.45, 7) is 3.40. The number of aliphatic hydroxyl groups excluding tert-OH is 1. The molecule has 0 fully saturated rings. The normalized spacial score (nSPS) is 12.5. The van der Waals surface area contributed by atoms with Crippen LogP contribution < -0.4 is 10.1 Å². The quantitative estimate of drug-likeness (QED) is 0.445. The fourth-order valence-electron chi connectivity index (χ4n) is 2.77. The number of hydrogen-bond donors (Lipinski definition) is 3. The highest BCUT2D eigenvalue weighted by molar-refractivity contribution is 6.33. The Morgan fingerprint density at radius 3 is 2.61 bits per heavy atom. The van der Waals surface area contributed by atoms with Gasteiger partial charge in [0.25, 0.3) is 5.91 Å². The number of nitrogens with zero attached hydrogens (tertiary/aromatic N) is 3. The highest BCUT2D eigenvalue weighted by Gasteiger charge is 2.39. The van der Waals surface area contributed by atoms with E-state index in [2.05, 4.69) is 25.5 Å². The third-order valence-corrected chi connectivity index (χ3v) is 4.97. The first-order valence-electron chi connectivity index (χ1n) is 9.44. The van der Waals surface area contributed by atoms with E-state index in [1.807, 2.05) is 0 Å². The zero-order valence-corrected chi connectivity index (χ0v) is 18.3. The van der Waals surface area contributed by atoms with E-state index in [4.69, 9.17) is 16.3 Å². The number of hydrogen-bond acceptors (Lipinski definition) is 6. The Morgan fingerprint density at radius 1 is 1.33 bits per heavy atom. The van der Waals surface area contributed by atoms with E-state index in [0.29, 0.717) is 11.4 Å². The highest BCUT2D eigenvalue weighted by Crippen LogP contribution is 2.34. The molecule has 13 heteroatoms. The van der Waals surface area contributed by atoms with Crippen molar-refractivity contribution in [1.29, 1.82) is 0 Å². The van der Waals surface area contributed by atoms with Gasteiger partial charge in [-0.15, -0.1) is 0 Å². The number of aromatic nitrogens is 4. The zero-order chi connectivity index (χ0) is 24.5. The van der Waals surface area contributed by atoms with E-state index in [-0.39, 0.29) is 27.8 Å². The van der Waals surface area contributed by atoms with Crippen molar-refractivity contribution in [3.05, 3.63) is 51.9 Å². The Bertz CT molecular complexity index is 1180. The molecule has 0 bridgehead atoms. The summed E-state index contributed by atoms with van der Waals surface area (Å²) < 4.78 is 59.4. The fraction of sp³-hybridized carbons (Fsp3) is 0.300. The summed E-state index contributed by atoms with van der Waals surface area (Å²) in [6.07, 6.45) is -5.86. The molecule has 0 aliphatic carbocycles. The van der Waals surface area contributed by atoms with Gasteiger partial charge in [-0.05, 0) is 32.9 Å². The van der Waals surface area contributed by atoms with E-state index in [0.717, 1.165) is 19.1 Å². The number of ether oxygens (including phenoxy) is 1. The first-order valence-corrected chi connectivity index (χ1v) is 9.82. The molecule has 33 heavy (non-hydrogen) atoms. The third kappa shape index (κ3) is 5.22. The molecular weight excluding hydrogens is 470 g/mol. The van der Waals surface area contributed by atoms with Crippen LogP contribution >= 0.6 is 11.6 Å². The minimum atomic E-state index is -4.75. The van der Waals surface area contributed by atoms with Gasteiger partial charge in [-0.1, -0.05) is 11.6 Å². The van der Waals surface area contributed by atoms with E-state index >= 15 is 0 Å². The van der Waals surface area contributed by atoms with Gasteiger partial charge in [-0.3, -0.25) is 14.9 Å². The maximum atomic E-state index is 15.0. The van der Waals surface area contributed by atoms with Crippen molar-refractivity contribution in [3.63, 3.8) is 0 Å². The molecule has 3 aromatic rings. The van der Waals surface area contributed by atoms with Crippen molar-refractivity contribution in [2.45, 2.75) is 39.7 Å². The Kier molecular flexibility index (Phi) is 6.89. The van der Waals surface area contributed by atoms with Gasteiger partial charge in [0.1, 0.15) is 17.3 Å². The maximum absolute atomic E-state index is 15.0. The SMILES string of the molecule is Cc1ncc(-c2cc(O[C@@H](C)C(F)(F)F)c(C(=O)Nc3c(Cl)n[nH]c3C)cc2F)nc1CO. The molecule has 0 unspecified atom stereocenters. The monoisotopic (exact) mass is 487 g/mol. The molecule has 176 valence electrons. The Balaban J connectivity index is 2.10. The van der Waals surface area contributed by atoms with E-state index in [1.54, 1.807) is 13.8 Å². The molecule has 0 spiro atoms. The number of carbonyl (C=O) groups excluding carboxylic acids is 1. The summed E-state index contributed by atoms with van der Waals surface area (Å²) in [5.41, 5.74) is 0.174. The fourth-order valence-corrected chi connectivity index (χ4v) is 3.01. The average Bonchev–Trinajstić information content (AvgIpc) is 3.06. The summed E-state index contributed by atoms with van der Waals surface area (Å²) in [7, 11) is 0. The predicted octanol–water partition coefficient (Wildman–Crippen LogP) is 4.35. The van der Waals surface area contributed by atoms with E-state index < -0.39 is 41.9 Å². The van der Waals surface area contributed by atoms with Crippen LogP contribution in [0.2, 0.25) is 5.15 Å². The number of nitrogens with one attached hydrogen (secondary N) is 2. The molecule has 1 amide bonds. The van der Waals surface area contributed by atoms with Crippen LogP contribution in [0.1, 0.15) is 34.4 Å². The summed E-state index contributed by atoms with van der Waals surface area (Å²) >= 11 is 5.89. The van der Waals surface area contributed by atoms with Crippen LogP contribution in [0.25, 0.3) is 11.3 Å². The number of rotatable bonds is 6. The van der Waals surface area contributed by atoms with Crippen LogP contribution in [0.4, 0.5) is 23.2 Å². The minimum Gasteiger partial charge on any atom is -0.480 e. The number of alkyl halides is 3. The topological polar surface area (TPSA) is 113 Å². The molecule has 1 atom stereocenters. The van der Waals surface area contributed by atoms with Crippen molar-refractivity contribution in [2.24, 2.45) is 0 Å². The lowest BCUT2D eigenvalue weighted by molar-refractivity contribution is -0.189. The van der Waals surface area contributed by atoms with Gasteiger partial charge < -0.3 is 15.2 Å². The van der Waals surface area contributed by atoms with E-state index in [1.165, 1.54) is 6.20 Å². The largest absolute Gasteiger partial charge is 0.480 e. The summed E-state index contributed by atoms with van der Waals surface area (Å²) in [5, 5.41) is 17.9. The van der Waals surface area contributed by atoms with Crippen molar-refractivity contribution < 1.29 is 32.2 Å². The number of benzene rings is 1. The van der Waals surface area contributed by atoms with Crippen LogP contribution in [0, 0.1) is 19.7 Å². The second-order valence-corrected chi connectivity index (χ2v) is 7.40. The lowest BCUT2D eigenvalue weighted by atomic mass is 10.1. The first kappa shape index (κ1) is 24.4. The van der Waals surface area contributed by atoms with Gasteiger partial charge in [-0.25, -0.2) is 9.37 Å². The van der Waals surface area contributed by atoms with Gasteiger partial charge in [0.15, 0.2) is 11.3 Å². The number of aryl methyl sites for hydroxylation is 2. The number of carbonyl (C=O) groups is 1. The maximum Gasteiger partial charge on any atom is 0.425 e. The average molecular weight is 488 g/mol. The van der Waals surface area contributed by atoms with Crippen molar-refractivity contribution >= 4 is 23.2 Å². The molecular formula is C20H18ClF4N5O3. The predicted molar refractivity (Wildman–Crippen MR) is 111 cm³/mol. The van der Waals surface area contributed by atoms with Gasteiger partial charge in [0.05, 0.1) is 41.1 Å². The van der Waals surface area contributed by atoms with Crippen LogP contribution in [0.3, 0.4) is 0 Å². The third-order valence-electron chi connectivity index (χ3n) is 4.70. The van der Waals surface area contributed by atoms with Crippen LogP contribution in [-0.2, 0) is 6.61 Å². The standard InChI is InChI=1S/C20H18ClF4N5O3/c1-8-15(7-31)27-14(6-26-8)11-5-16(33-10(3)20(23,24)25)12(4-13(11)22)19(32)28-17-9(2)29-30-18(17)21/h4-6,10,31H,7H2,1-3H3,(H,28,32)(H,29,30)/t10-/m0/s1. The molecule has 3 N–H and O–H groups in total. The Morgan fingerprint density at radius 2 is 2.03 bits per heavy atom. The minimum absolute atomic E-state index is 0.0626. The van der Waals surface area contributed by atoms with Crippen LogP contribution in [-0.4, -0.2) is 43.5 Å². The lowest BCUT2D eigenvalue weighted by Crippen LogP contribution is -2.32. The lowest BCUT2D eigenvalue weighted by Gasteiger charge is -2.20. The van der Waals surface area contributed by atoms with Crippen molar-refractivity contribution in [2.75, 3.05) is 5.32 Å². The molecule has 0 radical (unpaired) electrons. The molecule has 0 aliphatic heterocycles. The van der Waals surface area contributed by atoms with Crippen LogP contribution in [0.15, 0.2) is 18.3 Å². The molecule has 8 nitrogen and oxygen atoms in total. The summed E-state index contributed by atoms with van der Waals surface area (Å²) in [6, 6.07) is 1.66. The molecule has 3 rings (SSSR count). The molecule has 0 saturated carbocycles. The van der Waals surface area contributed by atoms with Gasteiger partial charge in [0, 0.05) is 5.56 Å². The van der Waals surface area contributed by atoms with Gasteiger partial charge in [-0.2, -0.15) is 18.3 Å². The number of anilines is 1. The van der Waals surface area contributed by atoms with Crippen molar-refractivity contribution in [1.82, 2.24) is 20.2 Å². The second-order valence-electron chi connectivity index (χ2n) is 7.04. The smallest absolute Gasteiger partial charge is 0.425 e. The molecule has 2 heterocycles. The number of aliphatic hydroxyl groups is 1. The summed E-state index contributed by atoms with van der Waals surface area (Å²) in [4.78, 5) is 20.9. The Labute approximate surface area is 190 Å². The zero-order valence-electron chi connectivity index (χ0n) is 17.5. The number of H-pyrrole nitrogens is 1. The Hall–Kier alpha value is -3.25. The number of aromatic amines is 1. The van der Waals surface area contributed by atoms with Crippen LogP contribution in [0.5, 0.6) is 5.75 Å². The van der Waals surface area contributed by atoms with Crippen molar-refractivity contribution in [3.8, 4) is 17.0 Å². The highest BCUT2D eigenvalue weighted by atomic mass is 35.5. The molecule has 0 saturated heterocycles. The number of amides is 1. The second kappa shape index (κ2) is 9.32. The van der Waals surface area contributed by atoms with E-state index in [9.17, 15) is 27.5 Å².